The molecule has 10 nitrogen and oxygen atoms in total. The van der Waals surface area contributed by atoms with Crippen molar-refractivity contribution in [2.75, 3.05) is 26.4 Å². The third-order valence-corrected chi connectivity index (χ3v) is 9.37. The van der Waals surface area contributed by atoms with Gasteiger partial charge in [-0.15, -0.1) is 0 Å². The average Bonchev–Trinajstić information content (AvgIpc) is 3.16. The highest BCUT2D eigenvalue weighted by Crippen LogP contribution is 2.43. The second-order valence-electron chi connectivity index (χ2n) is 13.6. The lowest BCUT2D eigenvalue weighted by atomic mass is 10.1. The molecule has 0 heterocycles. The van der Waals surface area contributed by atoms with E-state index in [2.05, 4.69) is 67.0 Å². The highest BCUT2D eigenvalue weighted by atomic mass is 31.2. The van der Waals surface area contributed by atoms with Crippen LogP contribution in [0.4, 0.5) is 0 Å². The van der Waals surface area contributed by atoms with Crippen LogP contribution in [0.25, 0.3) is 0 Å². The summed E-state index contributed by atoms with van der Waals surface area (Å²) in [5, 5.41) is 18.3. The van der Waals surface area contributed by atoms with Crippen LogP contribution in [0.3, 0.4) is 0 Å². The van der Waals surface area contributed by atoms with E-state index < -0.39 is 51.8 Å². The van der Waals surface area contributed by atoms with Gasteiger partial charge in [0.05, 0.1) is 19.8 Å². The van der Waals surface area contributed by atoms with E-state index in [1.54, 1.807) is 0 Å². The number of aliphatic hydroxyl groups is 2. The van der Waals surface area contributed by atoms with Crippen LogP contribution < -0.4 is 0 Å². The molecule has 0 aromatic rings. The van der Waals surface area contributed by atoms with Crippen molar-refractivity contribution in [2.45, 2.75) is 174 Å². The van der Waals surface area contributed by atoms with Gasteiger partial charge >= 0.3 is 19.8 Å². The molecule has 11 heteroatoms. The SMILES string of the molecule is CC/C=C\C/C=C\C/C=C\C/C=C\CCC(=O)OC(COC(=O)CCCCCCCCC/C=C\CCCCCCCCC)COP(=O)(O)OCC(O)CO. The molecule has 3 unspecified atom stereocenters. The molecule has 0 aromatic heterocycles. The zero-order valence-corrected chi connectivity index (χ0v) is 34.6. The van der Waals surface area contributed by atoms with Gasteiger partial charge in [0, 0.05) is 12.8 Å². The van der Waals surface area contributed by atoms with Crippen molar-refractivity contribution >= 4 is 19.8 Å². The first-order chi connectivity index (χ1) is 26.2. The quantitative estimate of drug-likeness (QED) is 0.0239. The fourth-order valence-electron chi connectivity index (χ4n) is 5.24. The molecule has 312 valence electrons. The number of phosphoric acid groups is 1. The lowest BCUT2D eigenvalue weighted by molar-refractivity contribution is -0.161. The highest BCUT2D eigenvalue weighted by molar-refractivity contribution is 7.47. The monoisotopic (exact) mass is 783 g/mol. The average molecular weight is 783 g/mol. The Kier molecular flexibility index (Phi) is 37.2. The van der Waals surface area contributed by atoms with E-state index in [-0.39, 0.29) is 19.4 Å². The summed E-state index contributed by atoms with van der Waals surface area (Å²) in [5.74, 6) is -1.03. The Balaban J connectivity index is 4.38. The van der Waals surface area contributed by atoms with Crippen molar-refractivity contribution in [3.8, 4) is 0 Å². The topological polar surface area (TPSA) is 149 Å². The number of rotatable bonds is 38. The van der Waals surface area contributed by atoms with Crippen LogP contribution in [0.1, 0.15) is 162 Å². The molecular weight excluding hydrogens is 707 g/mol. The van der Waals surface area contributed by atoms with Crippen molar-refractivity contribution in [1.29, 1.82) is 0 Å². The van der Waals surface area contributed by atoms with E-state index in [1.807, 2.05) is 12.2 Å². The summed E-state index contributed by atoms with van der Waals surface area (Å²) >= 11 is 0. The number of phosphoric ester groups is 1. The molecule has 0 aliphatic carbocycles. The Morgan fingerprint density at radius 3 is 1.61 bits per heavy atom. The minimum absolute atomic E-state index is 0.0602. The number of allylic oxidation sites excluding steroid dienone is 10. The Labute approximate surface area is 327 Å². The second-order valence-corrected chi connectivity index (χ2v) is 15.1. The number of ether oxygens (including phenoxy) is 2. The molecule has 0 fully saturated rings. The lowest BCUT2D eigenvalue weighted by Gasteiger charge is -2.20. The Morgan fingerprint density at radius 2 is 1.06 bits per heavy atom. The zero-order chi connectivity index (χ0) is 39.8. The van der Waals surface area contributed by atoms with E-state index >= 15 is 0 Å². The molecule has 54 heavy (non-hydrogen) atoms. The summed E-state index contributed by atoms with van der Waals surface area (Å²) in [5.41, 5.74) is 0. The van der Waals surface area contributed by atoms with E-state index in [0.29, 0.717) is 12.8 Å². The molecule has 0 spiro atoms. The van der Waals surface area contributed by atoms with Gasteiger partial charge in [0.1, 0.15) is 12.7 Å². The van der Waals surface area contributed by atoms with Crippen molar-refractivity contribution in [3.05, 3.63) is 60.8 Å². The standard InChI is InChI=1S/C43H75O10P/c1-3-5-7-9-11-13-15-17-18-19-20-21-23-24-26-28-30-32-34-42(46)50-38-41(39-52-54(48,49)51-37-40(45)36-44)53-43(47)35-33-31-29-27-25-22-16-14-12-10-8-6-4-2/h6,8,12,14,18-19,22,25,29,31,40-41,44-45H,3-5,7,9-11,13,15-17,20-21,23-24,26-28,30,32-39H2,1-2H3,(H,48,49)/b8-6-,14-12-,19-18-,25-22-,31-29-. The maximum absolute atomic E-state index is 12.5. The summed E-state index contributed by atoms with van der Waals surface area (Å²) < 4.78 is 32.5. The lowest BCUT2D eigenvalue weighted by Crippen LogP contribution is -2.29. The van der Waals surface area contributed by atoms with Crippen LogP contribution >= 0.6 is 7.82 Å². The third kappa shape index (κ3) is 38.0. The Bertz CT molecular complexity index is 1080. The van der Waals surface area contributed by atoms with Gasteiger partial charge in [-0.1, -0.05) is 145 Å². The van der Waals surface area contributed by atoms with E-state index in [9.17, 15) is 24.2 Å². The molecular formula is C43H75O10P. The fraction of sp³-hybridized carbons (Fsp3) is 0.721. The molecule has 0 rings (SSSR count). The second kappa shape index (κ2) is 38.9. The normalized spacial score (nSPS) is 14.5. The van der Waals surface area contributed by atoms with Crippen LogP contribution in [0.5, 0.6) is 0 Å². The molecule has 0 radical (unpaired) electrons. The first kappa shape index (κ1) is 51.7. The summed E-state index contributed by atoms with van der Waals surface area (Å²) in [6, 6.07) is 0. The number of esters is 2. The molecule has 0 aliphatic rings. The number of carbonyl (C=O) groups is 2. The van der Waals surface area contributed by atoms with E-state index in [0.717, 1.165) is 51.4 Å². The molecule has 0 amide bonds. The van der Waals surface area contributed by atoms with Crippen LogP contribution in [0.2, 0.25) is 0 Å². The zero-order valence-electron chi connectivity index (χ0n) is 33.7. The Hall–Kier alpha value is -2.33. The van der Waals surface area contributed by atoms with Crippen molar-refractivity contribution in [3.63, 3.8) is 0 Å². The van der Waals surface area contributed by atoms with Crippen LogP contribution in [0, 0.1) is 0 Å². The summed E-state index contributed by atoms with van der Waals surface area (Å²) in [4.78, 5) is 34.9. The predicted octanol–water partition coefficient (Wildman–Crippen LogP) is 10.7. The van der Waals surface area contributed by atoms with E-state index in [4.69, 9.17) is 19.1 Å². The minimum atomic E-state index is -4.64. The largest absolute Gasteiger partial charge is 0.472 e. The Morgan fingerprint density at radius 1 is 0.574 bits per heavy atom. The fourth-order valence-corrected chi connectivity index (χ4v) is 6.03. The number of carbonyl (C=O) groups excluding carboxylic acids is 2. The molecule has 0 saturated carbocycles. The molecule has 3 N–H and O–H groups in total. The van der Waals surface area contributed by atoms with Gasteiger partial charge in [-0.25, -0.2) is 4.57 Å². The van der Waals surface area contributed by atoms with Gasteiger partial charge in [-0.3, -0.25) is 18.6 Å². The smallest absolute Gasteiger partial charge is 0.462 e. The van der Waals surface area contributed by atoms with Gasteiger partial charge in [0.15, 0.2) is 6.10 Å². The molecule has 0 aromatic carbocycles. The van der Waals surface area contributed by atoms with Gasteiger partial charge < -0.3 is 24.6 Å². The van der Waals surface area contributed by atoms with Gasteiger partial charge in [-0.05, 0) is 64.2 Å². The van der Waals surface area contributed by atoms with Crippen molar-refractivity contribution < 1.29 is 47.8 Å². The van der Waals surface area contributed by atoms with Crippen LogP contribution in [-0.4, -0.2) is 65.7 Å². The highest BCUT2D eigenvalue weighted by Gasteiger charge is 2.27. The number of hydrogen-bond acceptors (Lipinski definition) is 9. The van der Waals surface area contributed by atoms with Crippen molar-refractivity contribution in [1.82, 2.24) is 0 Å². The van der Waals surface area contributed by atoms with Gasteiger partial charge in [-0.2, -0.15) is 0 Å². The minimum Gasteiger partial charge on any atom is -0.462 e. The molecule has 3 atom stereocenters. The van der Waals surface area contributed by atoms with E-state index in [1.165, 1.54) is 70.6 Å². The van der Waals surface area contributed by atoms with Gasteiger partial charge in [0.2, 0.25) is 0 Å². The first-order valence-electron chi connectivity index (χ1n) is 20.7. The number of unbranched alkanes of at least 4 members (excludes halogenated alkanes) is 14. The van der Waals surface area contributed by atoms with Crippen LogP contribution in [-0.2, 0) is 32.7 Å². The molecule has 0 bridgehead atoms. The first-order valence-corrected chi connectivity index (χ1v) is 22.2. The molecule has 0 aliphatic heterocycles. The number of aliphatic hydroxyl groups excluding tert-OH is 2. The predicted molar refractivity (Wildman–Crippen MR) is 219 cm³/mol. The maximum atomic E-state index is 12.5. The summed E-state index contributed by atoms with van der Waals surface area (Å²) in [6.45, 7) is 2.16. The summed E-state index contributed by atoms with van der Waals surface area (Å²) in [7, 11) is -4.64. The maximum Gasteiger partial charge on any atom is 0.472 e. The third-order valence-electron chi connectivity index (χ3n) is 8.42. The van der Waals surface area contributed by atoms with Gasteiger partial charge in [0.25, 0.3) is 0 Å². The summed E-state index contributed by atoms with van der Waals surface area (Å²) in [6.07, 6.45) is 42.1. The van der Waals surface area contributed by atoms with Crippen LogP contribution in [0.15, 0.2) is 60.8 Å². The number of hydrogen-bond donors (Lipinski definition) is 3. The van der Waals surface area contributed by atoms with Crippen molar-refractivity contribution in [2.24, 2.45) is 0 Å². The molecule has 0 saturated heterocycles.